The highest BCUT2D eigenvalue weighted by Gasteiger charge is 2.41. The van der Waals surface area contributed by atoms with Crippen molar-refractivity contribution in [2.45, 2.75) is 64.1 Å². The van der Waals surface area contributed by atoms with E-state index in [2.05, 4.69) is 0 Å². The van der Waals surface area contributed by atoms with Crippen LogP contribution >= 0.6 is 0 Å². The van der Waals surface area contributed by atoms with Crippen molar-refractivity contribution < 1.29 is 9.53 Å². The number of esters is 1. The van der Waals surface area contributed by atoms with Gasteiger partial charge in [0.25, 0.3) is 0 Å². The standard InChI is InChI=1S/C21H26NO3/c1-20(2)13-17(14-21(3,4)22(20)24)25-19(23)12-16-10-7-9-15-8-5-6-11-18(15)16/h5-11,17H,12-14H2,1-4H3/q-1. The number of carbonyl (C=O) groups excluding carboxylic acids is 1. The number of rotatable bonds is 3. The molecule has 0 atom stereocenters. The van der Waals surface area contributed by atoms with Gasteiger partial charge < -0.3 is 15.0 Å². The summed E-state index contributed by atoms with van der Waals surface area (Å²) in [6, 6.07) is 14.0. The molecule has 0 N–H and O–H groups in total. The molecule has 0 amide bonds. The maximum absolute atomic E-state index is 12.5. The van der Waals surface area contributed by atoms with Crippen molar-refractivity contribution in [3.8, 4) is 0 Å². The topological polar surface area (TPSA) is 52.6 Å². The van der Waals surface area contributed by atoms with Crippen LogP contribution < -0.4 is 0 Å². The second kappa shape index (κ2) is 6.43. The number of nitrogens with zero attached hydrogens (tertiary/aromatic N) is 1. The minimum Gasteiger partial charge on any atom is -0.784 e. The number of fused-ring (bicyclic) bond motifs is 1. The van der Waals surface area contributed by atoms with Crippen molar-refractivity contribution >= 4 is 16.7 Å². The molecule has 3 rings (SSSR count). The van der Waals surface area contributed by atoms with Crippen LogP contribution in [-0.2, 0) is 16.0 Å². The molecule has 0 aliphatic carbocycles. The molecule has 1 aliphatic rings. The highest BCUT2D eigenvalue weighted by molar-refractivity contribution is 5.89. The molecule has 4 nitrogen and oxygen atoms in total. The van der Waals surface area contributed by atoms with E-state index in [1.54, 1.807) is 0 Å². The Morgan fingerprint density at radius 2 is 1.68 bits per heavy atom. The molecule has 1 fully saturated rings. The van der Waals surface area contributed by atoms with E-state index in [1.807, 2.05) is 70.2 Å². The SMILES string of the molecule is CC1(C)CC(OC(=O)Cc2cccc3ccccc23)CC(C)(C)N1[O-]. The van der Waals surface area contributed by atoms with Crippen LogP contribution in [0.15, 0.2) is 42.5 Å². The smallest absolute Gasteiger partial charge is 0.310 e. The third-order valence-electron chi connectivity index (χ3n) is 5.07. The number of benzene rings is 2. The normalized spacial score (nSPS) is 20.5. The Morgan fingerprint density at radius 3 is 2.36 bits per heavy atom. The summed E-state index contributed by atoms with van der Waals surface area (Å²) in [6.07, 6.45) is 1.14. The van der Waals surface area contributed by atoms with Crippen LogP contribution in [0.3, 0.4) is 0 Å². The second-order valence-electron chi connectivity index (χ2n) is 8.25. The lowest BCUT2D eigenvalue weighted by Gasteiger charge is -2.59. The summed E-state index contributed by atoms with van der Waals surface area (Å²) < 4.78 is 5.76. The first-order chi connectivity index (χ1) is 11.7. The second-order valence-corrected chi connectivity index (χ2v) is 8.25. The number of piperidine rings is 1. The Kier molecular flexibility index (Phi) is 4.60. The van der Waals surface area contributed by atoms with Gasteiger partial charge in [0.1, 0.15) is 6.10 Å². The van der Waals surface area contributed by atoms with Gasteiger partial charge in [0.05, 0.1) is 6.42 Å². The van der Waals surface area contributed by atoms with Crippen LogP contribution in [-0.4, -0.2) is 28.2 Å². The fourth-order valence-corrected chi connectivity index (χ4v) is 4.08. The highest BCUT2D eigenvalue weighted by atomic mass is 16.5. The minimum atomic E-state index is -0.536. The van der Waals surface area contributed by atoms with E-state index >= 15 is 0 Å². The third kappa shape index (κ3) is 3.70. The molecule has 4 heteroatoms. The monoisotopic (exact) mass is 340 g/mol. The van der Waals surface area contributed by atoms with Crippen molar-refractivity contribution in [3.05, 3.63) is 53.2 Å². The van der Waals surface area contributed by atoms with Crippen LogP contribution in [0.4, 0.5) is 0 Å². The van der Waals surface area contributed by atoms with Gasteiger partial charge in [-0.25, -0.2) is 0 Å². The van der Waals surface area contributed by atoms with E-state index < -0.39 is 11.1 Å². The molecule has 0 saturated carbocycles. The van der Waals surface area contributed by atoms with Gasteiger partial charge in [-0.05, 0) is 44.0 Å². The van der Waals surface area contributed by atoms with Crippen molar-refractivity contribution in [3.63, 3.8) is 0 Å². The van der Waals surface area contributed by atoms with E-state index in [1.165, 1.54) is 0 Å². The van der Waals surface area contributed by atoms with Crippen molar-refractivity contribution in [1.29, 1.82) is 0 Å². The number of hydrogen-bond donors (Lipinski definition) is 0. The van der Waals surface area contributed by atoms with Gasteiger partial charge in [-0.1, -0.05) is 42.5 Å². The molecule has 0 bridgehead atoms. The maximum Gasteiger partial charge on any atom is 0.310 e. The van der Waals surface area contributed by atoms with Gasteiger partial charge in [0, 0.05) is 23.9 Å². The zero-order valence-electron chi connectivity index (χ0n) is 15.4. The molecule has 0 unspecified atom stereocenters. The summed E-state index contributed by atoms with van der Waals surface area (Å²) in [5.41, 5.74) is -0.0963. The van der Waals surface area contributed by atoms with Crippen LogP contribution in [0.2, 0.25) is 0 Å². The zero-order chi connectivity index (χ0) is 18.2. The summed E-state index contributed by atoms with van der Waals surface area (Å²) >= 11 is 0. The number of hydrogen-bond acceptors (Lipinski definition) is 4. The van der Waals surface area contributed by atoms with Crippen LogP contribution in [0.25, 0.3) is 10.8 Å². The van der Waals surface area contributed by atoms with Gasteiger partial charge >= 0.3 is 5.97 Å². The summed E-state index contributed by atoms with van der Waals surface area (Å²) in [5, 5.41) is 15.8. The average Bonchev–Trinajstić information content (AvgIpc) is 2.52. The molecular weight excluding hydrogens is 314 g/mol. The fourth-order valence-electron chi connectivity index (χ4n) is 4.08. The maximum atomic E-state index is 12.5. The van der Waals surface area contributed by atoms with Gasteiger partial charge in [0.15, 0.2) is 0 Å². The predicted octanol–water partition coefficient (Wildman–Crippen LogP) is 4.44. The molecule has 0 aromatic heterocycles. The Hall–Kier alpha value is -1.91. The molecule has 1 aliphatic heterocycles. The molecule has 25 heavy (non-hydrogen) atoms. The number of ether oxygens (including phenoxy) is 1. The molecule has 1 heterocycles. The van der Waals surface area contributed by atoms with E-state index in [9.17, 15) is 10.0 Å². The first-order valence-electron chi connectivity index (χ1n) is 8.83. The largest absolute Gasteiger partial charge is 0.784 e. The van der Waals surface area contributed by atoms with Crippen LogP contribution in [0, 0.1) is 5.21 Å². The first kappa shape index (κ1) is 17.9. The Balaban J connectivity index is 1.72. The van der Waals surface area contributed by atoms with Crippen molar-refractivity contribution in [1.82, 2.24) is 5.06 Å². The number of hydroxylamine groups is 2. The summed E-state index contributed by atoms with van der Waals surface area (Å²) in [6.45, 7) is 7.64. The molecule has 0 spiro atoms. The van der Waals surface area contributed by atoms with Gasteiger partial charge in [0.2, 0.25) is 0 Å². The molecule has 134 valence electrons. The summed E-state index contributed by atoms with van der Waals surface area (Å²) in [4.78, 5) is 12.5. The predicted molar refractivity (Wildman–Crippen MR) is 100 cm³/mol. The Labute approximate surface area is 149 Å². The van der Waals surface area contributed by atoms with Crippen LogP contribution in [0.5, 0.6) is 0 Å². The first-order valence-corrected chi connectivity index (χ1v) is 8.83. The molecule has 2 aromatic carbocycles. The lowest BCUT2D eigenvalue weighted by atomic mass is 9.80. The highest BCUT2D eigenvalue weighted by Crippen LogP contribution is 2.38. The van der Waals surface area contributed by atoms with Gasteiger partial charge in [-0.15, -0.1) is 0 Å². The molecule has 0 radical (unpaired) electrons. The van der Waals surface area contributed by atoms with Crippen molar-refractivity contribution in [2.75, 3.05) is 0 Å². The van der Waals surface area contributed by atoms with Gasteiger partial charge in [-0.3, -0.25) is 4.79 Å². The molecule has 1 saturated heterocycles. The minimum absolute atomic E-state index is 0.224. The lowest BCUT2D eigenvalue weighted by Crippen LogP contribution is -2.59. The van der Waals surface area contributed by atoms with E-state index in [4.69, 9.17) is 4.74 Å². The van der Waals surface area contributed by atoms with Gasteiger partial charge in [-0.2, -0.15) is 0 Å². The Morgan fingerprint density at radius 1 is 1.08 bits per heavy atom. The van der Waals surface area contributed by atoms with E-state index in [0.29, 0.717) is 12.8 Å². The summed E-state index contributed by atoms with van der Waals surface area (Å²) in [7, 11) is 0. The van der Waals surface area contributed by atoms with E-state index in [-0.39, 0.29) is 18.5 Å². The molecule has 2 aromatic rings. The lowest BCUT2D eigenvalue weighted by molar-refractivity contribution is -0.156. The van der Waals surface area contributed by atoms with Crippen LogP contribution in [0.1, 0.15) is 46.1 Å². The Bertz CT molecular complexity index is 758. The average molecular weight is 340 g/mol. The number of carbonyl (C=O) groups is 1. The quantitative estimate of drug-likeness (QED) is 0.775. The fraction of sp³-hybridized carbons (Fsp3) is 0.476. The molecular formula is C21H26NO3-. The van der Waals surface area contributed by atoms with Crippen molar-refractivity contribution in [2.24, 2.45) is 0 Å². The third-order valence-corrected chi connectivity index (χ3v) is 5.07. The zero-order valence-corrected chi connectivity index (χ0v) is 15.4. The van der Waals surface area contributed by atoms with E-state index in [0.717, 1.165) is 21.4 Å². The summed E-state index contributed by atoms with van der Waals surface area (Å²) in [5.74, 6) is -0.229.